The van der Waals surface area contributed by atoms with E-state index in [0.29, 0.717) is 12.5 Å². The van der Waals surface area contributed by atoms with E-state index in [1.54, 1.807) is 23.9 Å². The largest absolute Gasteiger partial charge is 0.341 e. The highest BCUT2D eigenvalue weighted by atomic mass is 32.1. The van der Waals surface area contributed by atoms with Crippen LogP contribution in [0.5, 0.6) is 0 Å². The second-order valence-corrected chi connectivity index (χ2v) is 7.18. The maximum absolute atomic E-state index is 12.3. The molecule has 0 radical (unpaired) electrons. The highest BCUT2D eigenvalue weighted by Crippen LogP contribution is 2.22. The second-order valence-electron chi connectivity index (χ2n) is 6.40. The van der Waals surface area contributed by atoms with Crippen molar-refractivity contribution in [3.63, 3.8) is 0 Å². The average molecular weight is 356 g/mol. The SMILES string of the molecule is O=C(Cn1ccnc1)N1CCC(Cn2cc(-c3ccsc3)nn2)CC1. The molecule has 3 aromatic rings. The Kier molecular flexibility index (Phi) is 4.60. The smallest absolute Gasteiger partial charge is 0.242 e. The predicted molar refractivity (Wildman–Crippen MR) is 94.9 cm³/mol. The van der Waals surface area contributed by atoms with Gasteiger partial charge in [-0.3, -0.25) is 9.48 Å². The van der Waals surface area contributed by atoms with Crippen LogP contribution in [-0.4, -0.2) is 48.4 Å². The number of likely N-dealkylation sites (tertiary alicyclic amines) is 1. The lowest BCUT2D eigenvalue weighted by molar-refractivity contribution is -0.133. The number of hydrogen-bond acceptors (Lipinski definition) is 5. The zero-order valence-corrected chi connectivity index (χ0v) is 14.7. The van der Waals surface area contributed by atoms with Gasteiger partial charge in [-0.15, -0.1) is 5.10 Å². The number of imidazole rings is 1. The lowest BCUT2D eigenvalue weighted by Gasteiger charge is -2.32. The van der Waals surface area contributed by atoms with Gasteiger partial charge in [0.2, 0.25) is 5.91 Å². The average Bonchev–Trinajstić information content (AvgIpc) is 3.38. The van der Waals surface area contributed by atoms with Crippen molar-refractivity contribution in [3.8, 4) is 11.3 Å². The quantitative estimate of drug-likeness (QED) is 0.702. The summed E-state index contributed by atoms with van der Waals surface area (Å²) in [7, 11) is 0. The van der Waals surface area contributed by atoms with Crippen LogP contribution >= 0.6 is 11.3 Å². The highest BCUT2D eigenvalue weighted by Gasteiger charge is 2.23. The Morgan fingerprint density at radius 3 is 2.92 bits per heavy atom. The molecule has 1 saturated heterocycles. The summed E-state index contributed by atoms with van der Waals surface area (Å²) in [6.07, 6.45) is 9.22. The van der Waals surface area contributed by atoms with E-state index in [4.69, 9.17) is 0 Å². The molecule has 0 saturated carbocycles. The van der Waals surface area contributed by atoms with E-state index >= 15 is 0 Å². The molecule has 7 nitrogen and oxygen atoms in total. The van der Waals surface area contributed by atoms with Gasteiger partial charge in [0.15, 0.2) is 0 Å². The van der Waals surface area contributed by atoms with Crippen molar-refractivity contribution in [1.82, 2.24) is 29.4 Å². The molecule has 4 rings (SSSR count). The van der Waals surface area contributed by atoms with Crippen LogP contribution in [0.4, 0.5) is 0 Å². The molecule has 0 aliphatic carbocycles. The number of hydrogen-bond donors (Lipinski definition) is 0. The molecule has 130 valence electrons. The Bertz CT molecular complexity index is 802. The molecule has 1 amide bonds. The predicted octanol–water partition coefficient (Wildman–Crippen LogP) is 2.14. The summed E-state index contributed by atoms with van der Waals surface area (Å²) >= 11 is 1.66. The van der Waals surface area contributed by atoms with Gasteiger partial charge in [-0.25, -0.2) is 4.98 Å². The Labute approximate surface area is 149 Å². The Morgan fingerprint density at radius 2 is 2.20 bits per heavy atom. The first-order valence-electron chi connectivity index (χ1n) is 8.44. The molecule has 25 heavy (non-hydrogen) atoms. The minimum Gasteiger partial charge on any atom is -0.341 e. The molecule has 0 aromatic carbocycles. The lowest BCUT2D eigenvalue weighted by atomic mass is 9.97. The van der Waals surface area contributed by atoms with Crippen molar-refractivity contribution in [2.45, 2.75) is 25.9 Å². The number of amides is 1. The summed E-state index contributed by atoms with van der Waals surface area (Å²) in [5.74, 6) is 0.700. The minimum absolute atomic E-state index is 0.164. The van der Waals surface area contributed by atoms with Crippen LogP contribution < -0.4 is 0 Å². The van der Waals surface area contributed by atoms with Gasteiger partial charge >= 0.3 is 0 Å². The van der Waals surface area contributed by atoms with Gasteiger partial charge in [0.25, 0.3) is 0 Å². The molecule has 0 atom stereocenters. The van der Waals surface area contributed by atoms with Gasteiger partial charge in [-0.05, 0) is 30.2 Å². The molecule has 1 fully saturated rings. The zero-order chi connectivity index (χ0) is 17.1. The summed E-state index contributed by atoms with van der Waals surface area (Å²) in [5, 5.41) is 12.6. The van der Waals surface area contributed by atoms with Crippen molar-refractivity contribution >= 4 is 17.2 Å². The van der Waals surface area contributed by atoms with Crippen LogP contribution in [-0.2, 0) is 17.9 Å². The van der Waals surface area contributed by atoms with Crippen LogP contribution in [0.1, 0.15) is 12.8 Å². The summed E-state index contributed by atoms with van der Waals surface area (Å²) in [6, 6.07) is 2.06. The van der Waals surface area contributed by atoms with E-state index in [2.05, 4.69) is 26.7 Å². The fraction of sp³-hybridized carbons (Fsp3) is 0.412. The number of nitrogens with zero attached hydrogens (tertiary/aromatic N) is 6. The van der Waals surface area contributed by atoms with Gasteiger partial charge in [0, 0.05) is 43.0 Å². The molecule has 4 heterocycles. The fourth-order valence-electron chi connectivity index (χ4n) is 3.20. The Hall–Kier alpha value is -2.48. The first-order chi connectivity index (χ1) is 12.3. The highest BCUT2D eigenvalue weighted by molar-refractivity contribution is 7.08. The first kappa shape index (κ1) is 16.0. The monoisotopic (exact) mass is 356 g/mol. The molecule has 8 heteroatoms. The number of thiophene rings is 1. The number of aromatic nitrogens is 5. The van der Waals surface area contributed by atoms with E-state index in [9.17, 15) is 4.79 Å². The van der Waals surface area contributed by atoms with E-state index < -0.39 is 0 Å². The standard InChI is InChI=1S/C17H20N6OS/c24-17(11-21-7-4-18-13-21)22-5-1-14(2-6-22)9-23-10-16(19-20-23)15-3-8-25-12-15/h3-4,7-8,10,12-14H,1-2,5-6,9,11H2. The topological polar surface area (TPSA) is 68.8 Å². The van der Waals surface area contributed by atoms with Gasteiger partial charge in [-0.2, -0.15) is 11.3 Å². The maximum atomic E-state index is 12.3. The van der Waals surface area contributed by atoms with E-state index in [-0.39, 0.29) is 5.91 Å². The van der Waals surface area contributed by atoms with Crippen LogP contribution in [0.25, 0.3) is 11.3 Å². The van der Waals surface area contributed by atoms with Crippen LogP contribution in [0.3, 0.4) is 0 Å². The van der Waals surface area contributed by atoms with Gasteiger partial charge in [0.05, 0.1) is 12.5 Å². The molecular formula is C17H20N6OS. The minimum atomic E-state index is 0.164. The van der Waals surface area contributed by atoms with E-state index in [0.717, 1.165) is 43.7 Å². The number of piperidine rings is 1. The summed E-state index contributed by atoms with van der Waals surface area (Å²) in [4.78, 5) is 18.2. The molecule has 0 unspecified atom stereocenters. The molecule has 0 bridgehead atoms. The lowest BCUT2D eigenvalue weighted by Crippen LogP contribution is -2.40. The second kappa shape index (κ2) is 7.18. The van der Waals surface area contributed by atoms with E-state index in [1.807, 2.05) is 31.9 Å². The zero-order valence-electron chi connectivity index (χ0n) is 13.9. The normalized spacial score (nSPS) is 15.6. The van der Waals surface area contributed by atoms with Crippen LogP contribution in [0.15, 0.2) is 41.7 Å². The molecule has 0 N–H and O–H groups in total. The molecule has 1 aliphatic heterocycles. The van der Waals surface area contributed by atoms with Crippen molar-refractivity contribution in [2.24, 2.45) is 5.92 Å². The number of rotatable bonds is 5. The van der Waals surface area contributed by atoms with E-state index in [1.165, 1.54) is 0 Å². The molecule has 3 aromatic heterocycles. The first-order valence-corrected chi connectivity index (χ1v) is 9.38. The van der Waals surface area contributed by atoms with Crippen LogP contribution in [0, 0.1) is 5.92 Å². The van der Waals surface area contributed by atoms with Crippen molar-refractivity contribution in [3.05, 3.63) is 41.7 Å². The third-order valence-electron chi connectivity index (χ3n) is 4.65. The molecule has 1 aliphatic rings. The fourth-order valence-corrected chi connectivity index (χ4v) is 3.85. The third kappa shape index (κ3) is 3.79. The molecule has 0 spiro atoms. The van der Waals surface area contributed by atoms with Gasteiger partial charge in [-0.1, -0.05) is 5.21 Å². The summed E-state index contributed by atoms with van der Waals surface area (Å²) in [5.41, 5.74) is 2.05. The summed E-state index contributed by atoms with van der Waals surface area (Å²) in [6.45, 7) is 2.85. The van der Waals surface area contributed by atoms with Crippen molar-refractivity contribution in [2.75, 3.05) is 13.1 Å². The number of carbonyl (C=O) groups is 1. The van der Waals surface area contributed by atoms with Crippen molar-refractivity contribution < 1.29 is 4.79 Å². The van der Waals surface area contributed by atoms with Crippen LogP contribution in [0.2, 0.25) is 0 Å². The van der Waals surface area contributed by atoms with Gasteiger partial charge in [0.1, 0.15) is 12.2 Å². The van der Waals surface area contributed by atoms with Crippen molar-refractivity contribution in [1.29, 1.82) is 0 Å². The third-order valence-corrected chi connectivity index (χ3v) is 5.33. The maximum Gasteiger partial charge on any atom is 0.242 e. The number of carbonyl (C=O) groups excluding carboxylic acids is 1. The van der Waals surface area contributed by atoms with Gasteiger partial charge < -0.3 is 9.47 Å². The molecular weight excluding hydrogens is 336 g/mol. The summed E-state index contributed by atoms with van der Waals surface area (Å²) < 4.78 is 3.75. The Balaban J connectivity index is 1.28. The Morgan fingerprint density at radius 1 is 1.32 bits per heavy atom.